The maximum Gasteiger partial charge on any atom is 0.317 e. The molecule has 0 saturated carbocycles. The Labute approximate surface area is 782 Å². The predicted molar refractivity (Wildman–Crippen MR) is 494 cm³/mol. The maximum atomic E-state index is 14.8. The Morgan fingerprint density at radius 1 is 0.459 bits per heavy atom. The quantitative estimate of drug-likeness (QED) is 0.0248. The molecule has 6 fully saturated rings. The number of aromatic nitrogens is 3. The molecule has 15 heterocycles. The number of carbonyl (C=O) groups excluding carboxylic acids is 8. The molecule has 3 aromatic carbocycles. The van der Waals surface area contributed by atoms with Crippen molar-refractivity contribution in [1.82, 2.24) is 40.7 Å². The van der Waals surface area contributed by atoms with Crippen molar-refractivity contribution in [2.75, 3.05) is 174 Å². The molecule has 7 amide bonds. The zero-order valence-electron chi connectivity index (χ0n) is 75.6. The first kappa shape index (κ1) is 96.9. The van der Waals surface area contributed by atoms with Crippen LogP contribution < -0.4 is 50.6 Å². The van der Waals surface area contributed by atoms with Crippen LogP contribution in [0.25, 0.3) is 32.3 Å². The number of ketones is 3. The van der Waals surface area contributed by atoms with Crippen LogP contribution in [0.1, 0.15) is 160 Å². The lowest BCUT2D eigenvalue weighted by Gasteiger charge is -2.45. The summed E-state index contributed by atoms with van der Waals surface area (Å²) in [4.78, 5) is 136. The molecule has 3 atom stereocenters. The fourth-order valence-electron chi connectivity index (χ4n) is 19.0. The van der Waals surface area contributed by atoms with E-state index in [9.17, 15) is 38.4 Å². The van der Waals surface area contributed by atoms with Crippen molar-refractivity contribution in [3.63, 3.8) is 0 Å². The van der Waals surface area contributed by atoms with Gasteiger partial charge in [-0.3, -0.25) is 43.5 Å². The van der Waals surface area contributed by atoms with Crippen molar-refractivity contribution < 1.29 is 110 Å². The van der Waals surface area contributed by atoms with Gasteiger partial charge in [0, 0.05) is 102 Å². The average Bonchev–Trinajstić information content (AvgIpc) is 1.63. The predicted octanol–water partition coefficient (Wildman–Crippen LogP) is 11.4. The third-order valence-electron chi connectivity index (χ3n) is 26.2. The van der Waals surface area contributed by atoms with Gasteiger partial charge in [-0.15, -0.1) is 34.0 Å². The van der Waals surface area contributed by atoms with Gasteiger partial charge < -0.3 is 103 Å². The molecule has 9 aliphatic rings. The molecule has 133 heavy (non-hydrogen) atoms. The van der Waals surface area contributed by atoms with E-state index in [0.29, 0.717) is 160 Å². The number of likely N-dealkylation sites (tertiary alicyclic amines) is 2. The number of nitrogens with two attached hydrogens (primary N) is 1. The van der Waals surface area contributed by atoms with E-state index in [1.807, 2.05) is 93.6 Å². The van der Waals surface area contributed by atoms with E-state index in [4.69, 9.17) is 76.9 Å². The second kappa shape index (κ2) is 44.2. The number of nitrogens with one attached hydrogen (secondary N) is 3. The number of urea groups is 2. The smallest absolute Gasteiger partial charge is 0.317 e. The number of aliphatic hydroxyl groups excluding tert-OH is 3. The fourth-order valence-corrected chi connectivity index (χ4v) is 22.8. The fraction of sp³-hybridized carbons (Fsp3) is 0.505. The van der Waals surface area contributed by atoms with Crippen LogP contribution in [0.4, 0.5) is 24.6 Å². The molecule has 18 rings (SSSR count). The number of aliphatic hydroxyl groups is 3. The van der Waals surface area contributed by atoms with Crippen LogP contribution in [0.15, 0.2) is 123 Å². The number of ether oxygens (including phenoxy) is 9. The number of amides is 7. The Bertz CT molecular complexity index is 5260. The molecule has 38 heteroatoms. The lowest BCUT2D eigenvalue weighted by atomic mass is 9.69. The summed E-state index contributed by atoms with van der Waals surface area (Å²) in [6.07, 6.45) is 13.6. The molecule has 0 aliphatic carbocycles. The van der Waals surface area contributed by atoms with Gasteiger partial charge >= 0.3 is 12.1 Å². The first-order valence-corrected chi connectivity index (χ1v) is 47.7. The van der Waals surface area contributed by atoms with Crippen LogP contribution in [0, 0.1) is 37.0 Å². The Kier molecular flexibility index (Phi) is 32.2. The van der Waals surface area contributed by atoms with Gasteiger partial charge in [-0.05, 0) is 146 Å². The number of hydrogen-bond donors (Lipinski definition) is 7. The van der Waals surface area contributed by atoms with E-state index in [2.05, 4.69) is 30.9 Å². The molecule has 35 nitrogen and oxygen atoms in total. The largest absolute Gasteiger partial charge is 0.496 e. The second-order valence-corrected chi connectivity index (χ2v) is 36.9. The number of para-hydroxylation sites is 3. The van der Waals surface area contributed by atoms with Gasteiger partial charge in [-0.1, -0.05) is 54.6 Å². The molecule has 9 aromatic rings. The van der Waals surface area contributed by atoms with E-state index in [-0.39, 0.29) is 170 Å². The average molecular weight is 1890 g/mol. The molecule has 712 valence electrons. The van der Waals surface area contributed by atoms with Crippen LogP contribution in [0.3, 0.4) is 0 Å². The number of benzene rings is 3. The van der Waals surface area contributed by atoms with Gasteiger partial charge in [0.2, 0.25) is 35.4 Å². The van der Waals surface area contributed by atoms with Crippen molar-refractivity contribution >= 4 is 96.1 Å². The SMILES string of the molecule is COc1ccccc1[C@H](CN1C(=O)C2(CCN(C(=O)NCCO)CC2)C(=O)c2c1sc(-c1ncco1)c2C)OC1CCOCC1.COc1ccccc1[C@H](CN1C(=O)C2(CCN(C(=O)NCCO)CC2)C(=O)c2c1sc(-c1ncco1)c2C)OC1CCOCC1.COc1ccccc1[C@H](CN1C(=O)C2(CCNCC2)C(=O)c2c1sc(-c1ncco1)c2C)OC1CCOCC1.NCCO. The number of methoxy groups -OCH3 is 3. The molecule has 3 spiro atoms. The van der Waals surface area contributed by atoms with Crippen LogP contribution in [0.2, 0.25) is 0 Å². The molecule has 8 N–H and O–H groups in total. The van der Waals surface area contributed by atoms with Gasteiger partial charge in [0.25, 0.3) is 0 Å². The van der Waals surface area contributed by atoms with Crippen molar-refractivity contribution in [2.45, 2.75) is 134 Å². The number of carbonyl (C=O) groups is 8. The third-order valence-corrected chi connectivity index (χ3v) is 30.1. The van der Waals surface area contributed by atoms with Crippen molar-refractivity contribution in [1.29, 1.82) is 0 Å². The van der Waals surface area contributed by atoms with Crippen molar-refractivity contribution in [2.24, 2.45) is 22.0 Å². The minimum absolute atomic E-state index is 0.00421. The number of rotatable bonds is 26. The number of oxazole rings is 3. The summed E-state index contributed by atoms with van der Waals surface area (Å²) in [6, 6.07) is 22.4. The Hall–Kier alpha value is -10.7. The summed E-state index contributed by atoms with van der Waals surface area (Å²) in [5.41, 5.74) is 7.27. The van der Waals surface area contributed by atoms with Crippen LogP contribution in [0.5, 0.6) is 17.2 Å². The lowest BCUT2D eigenvalue weighted by molar-refractivity contribution is -0.130. The monoisotopic (exact) mass is 1890 g/mol. The molecule has 0 unspecified atom stereocenters. The van der Waals surface area contributed by atoms with Gasteiger partial charge in [0.05, 0.1) is 129 Å². The number of Topliss-reactive ketones (excluding diaryl/α,β-unsaturated/α-hetero) is 3. The summed E-state index contributed by atoms with van der Waals surface area (Å²) in [5, 5.41) is 36.4. The molecule has 0 radical (unpaired) electrons. The summed E-state index contributed by atoms with van der Waals surface area (Å²) < 4.78 is 70.9. The van der Waals surface area contributed by atoms with E-state index < -0.39 is 34.6 Å². The molecular formula is C95H116N12O23S3. The summed E-state index contributed by atoms with van der Waals surface area (Å²) in [7, 11) is 4.86. The zero-order valence-corrected chi connectivity index (χ0v) is 78.0. The van der Waals surface area contributed by atoms with Gasteiger partial charge in [-0.25, -0.2) is 24.5 Å². The van der Waals surface area contributed by atoms with Crippen LogP contribution >= 0.6 is 34.0 Å². The highest BCUT2D eigenvalue weighted by Crippen LogP contribution is 2.57. The van der Waals surface area contributed by atoms with Crippen LogP contribution in [-0.4, -0.2) is 265 Å². The zero-order chi connectivity index (χ0) is 93.5. The highest BCUT2D eigenvalue weighted by Gasteiger charge is 2.60. The standard InChI is InChI=1S/2C32H38N4O8S.C29H33N3O6S.C2H7NO/c2*1-20-25-27(38)32(9-13-35(14-10-32)31(40)34-11-15-37)30(39)36(29(25)45-26(20)28-33-12-18-43-28)19-24(44-21-7-16-42-17-8-21)22-5-3-4-6-23(22)41-2;1-18-23-25(33)29(9-11-30-12-10-29)28(34)32(27(23)39-24(18)26-31-13-16-37-26)17-22(38-19-7-14-36-15-8-19)20-5-3-4-6-21(20)35-2;3-1-2-4/h2*3-6,12,18,21,24,37H,7-11,13-17,19H2,1-2H3,(H,34,40);3-6,13,16,19,22,30H,7-12,14-15,17H2,1-2H3;4H,1-3H2/t2*24-;22-;/m000./s1. The number of hydrogen-bond acceptors (Lipinski definition) is 31. The lowest BCUT2D eigenvalue weighted by Crippen LogP contribution is -2.59. The number of fused-ring (bicyclic) bond motifs is 3. The summed E-state index contributed by atoms with van der Waals surface area (Å²) in [5.74, 6) is 1.90. The van der Waals surface area contributed by atoms with Gasteiger partial charge in [-0.2, -0.15) is 0 Å². The molecular weight excluding hydrogens is 1770 g/mol. The number of thiophene rings is 3. The topological polar surface area (TPSA) is 437 Å². The number of anilines is 3. The van der Waals surface area contributed by atoms with E-state index in [0.717, 1.165) is 65.7 Å². The molecule has 6 aromatic heterocycles. The Morgan fingerprint density at radius 2 is 0.744 bits per heavy atom. The molecule has 0 bridgehead atoms. The van der Waals surface area contributed by atoms with Crippen molar-refractivity contribution in [3.05, 3.63) is 160 Å². The first-order chi connectivity index (χ1) is 64.7. The number of nitrogens with zero attached hydrogens (tertiary/aromatic N) is 8. The van der Waals surface area contributed by atoms with Crippen LogP contribution in [-0.2, 0) is 42.8 Å². The second-order valence-electron chi connectivity index (χ2n) is 33.9. The Morgan fingerprint density at radius 3 is 1.01 bits per heavy atom. The normalized spacial score (nSPS) is 19.1. The minimum Gasteiger partial charge on any atom is -0.496 e. The Balaban J connectivity index is 0.000000150. The third kappa shape index (κ3) is 20.2. The van der Waals surface area contributed by atoms with Gasteiger partial charge in [0.1, 0.15) is 85.6 Å². The number of piperidine rings is 3. The highest BCUT2D eigenvalue weighted by molar-refractivity contribution is 7.21. The van der Waals surface area contributed by atoms with Gasteiger partial charge in [0.15, 0.2) is 17.3 Å². The maximum absolute atomic E-state index is 14.8. The molecule has 9 aliphatic heterocycles. The highest BCUT2D eigenvalue weighted by atomic mass is 32.1. The summed E-state index contributed by atoms with van der Waals surface area (Å²) in [6.45, 7) is 12.4. The van der Waals surface area contributed by atoms with E-state index >= 15 is 0 Å². The first-order valence-electron chi connectivity index (χ1n) is 45.3. The summed E-state index contributed by atoms with van der Waals surface area (Å²) >= 11 is 4.01. The van der Waals surface area contributed by atoms with E-state index in [1.54, 1.807) is 64.4 Å². The molecule has 6 saturated heterocycles. The van der Waals surface area contributed by atoms with E-state index in [1.165, 1.54) is 52.8 Å². The van der Waals surface area contributed by atoms with Crippen molar-refractivity contribution in [3.8, 4) is 49.6 Å². The minimum atomic E-state index is -1.34.